The molecule has 2 heterocycles. The molecule has 1 N–H and O–H groups in total. The smallest absolute Gasteiger partial charge is 0.306 e. The molecule has 0 spiro atoms. The lowest BCUT2D eigenvalue weighted by molar-refractivity contribution is 0.0964. The molecule has 0 radical (unpaired) electrons. The number of oxazole rings is 1. The van der Waals surface area contributed by atoms with Crippen molar-refractivity contribution in [3.05, 3.63) is 90.0 Å². The summed E-state index contributed by atoms with van der Waals surface area (Å²) in [5.74, 6) is -1.82. The average molecular weight is 682 g/mol. The first-order valence-electron chi connectivity index (χ1n) is 13.8. The molecule has 0 saturated heterocycles. The summed E-state index contributed by atoms with van der Waals surface area (Å²) in [6.07, 6.45) is 1.84. The average Bonchev–Trinajstić information content (AvgIpc) is 3.61. The number of nitrogens with zero attached hydrogens (tertiary/aromatic N) is 2. The third kappa shape index (κ3) is 6.14. The van der Waals surface area contributed by atoms with Crippen LogP contribution < -0.4 is 13.8 Å². The largest absolute Gasteiger partial charge is 0.455 e. The predicted octanol–water partition coefficient (Wildman–Crippen LogP) is 5.95. The van der Waals surface area contributed by atoms with E-state index in [1.54, 1.807) is 0 Å². The Balaban J connectivity index is 1.68. The first-order valence-corrected chi connectivity index (χ1v) is 17.4. The number of benzene rings is 4. The van der Waals surface area contributed by atoms with E-state index in [1.165, 1.54) is 86.9 Å². The number of halogens is 2. The molecule has 15 heteroatoms. The zero-order valence-electron chi connectivity index (χ0n) is 25.2. The number of nitrogens with one attached hydrogen (secondary N) is 1. The van der Waals surface area contributed by atoms with Gasteiger partial charge < -0.3 is 18.3 Å². The van der Waals surface area contributed by atoms with Crippen molar-refractivity contribution in [1.82, 2.24) is 10.3 Å². The van der Waals surface area contributed by atoms with Gasteiger partial charge in [-0.3, -0.25) is 9.10 Å². The highest BCUT2D eigenvalue weighted by Gasteiger charge is 2.27. The van der Waals surface area contributed by atoms with E-state index in [2.05, 4.69) is 10.3 Å². The summed E-state index contributed by atoms with van der Waals surface area (Å²) in [5, 5.41) is 2.84. The van der Waals surface area contributed by atoms with Crippen molar-refractivity contribution in [3.63, 3.8) is 0 Å². The zero-order chi connectivity index (χ0) is 33.8. The summed E-state index contributed by atoms with van der Waals surface area (Å²) >= 11 is 0. The normalized spacial score (nSPS) is 12.0. The molecule has 0 aliphatic heterocycles. The minimum absolute atomic E-state index is 0.0562. The highest BCUT2D eigenvalue weighted by molar-refractivity contribution is 7.92. The number of hydrogen-bond donors (Lipinski definition) is 1. The molecular weight excluding hydrogens is 656 g/mol. The minimum atomic E-state index is -4.05. The molecular formula is C32H25F2N3O8S2. The molecule has 0 fully saturated rings. The van der Waals surface area contributed by atoms with Gasteiger partial charge in [0.25, 0.3) is 5.91 Å². The van der Waals surface area contributed by atoms with Crippen LogP contribution in [0.1, 0.15) is 10.4 Å². The minimum Gasteiger partial charge on any atom is -0.455 e. The summed E-state index contributed by atoms with van der Waals surface area (Å²) < 4.78 is 96.4. The fourth-order valence-electron chi connectivity index (χ4n) is 5.10. The quantitative estimate of drug-likeness (QED) is 0.193. The molecule has 0 aliphatic carbocycles. The molecule has 0 unspecified atom stereocenters. The first kappa shape index (κ1) is 31.7. The Morgan fingerprint density at radius 3 is 2.21 bits per heavy atom. The Morgan fingerprint density at radius 2 is 1.57 bits per heavy atom. The standard InChI is InChI=1S/C32H25F2N3O8S2/c1-35-31(38)28-23-15-22(25(37(2)46(3,39)40)16-27(23)43-30(28)17-8-10-20(33)11-9-17)18-12-19(14-21(13-18)45-47(4,41)42)32-36-29-24(34)6-5-7-26(29)44-32/h5-16H,1-4H3,(H,35,38). The molecule has 4 aromatic carbocycles. The molecule has 2 aromatic heterocycles. The maximum Gasteiger partial charge on any atom is 0.306 e. The third-order valence-corrected chi connectivity index (χ3v) is 8.97. The zero-order valence-corrected chi connectivity index (χ0v) is 26.8. The second-order valence-corrected chi connectivity index (χ2v) is 14.2. The second kappa shape index (κ2) is 11.5. The van der Waals surface area contributed by atoms with E-state index in [1.807, 2.05) is 0 Å². The number of para-hydroxylation sites is 1. The summed E-state index contributed by atoms with van der Waals surface area (Å²) in [7, 11) is -5.21. The Morgan fingerprint density at radius 1 is 0.872 bits per heavy atom. The number of carbonyl (C=O) groups is 1. The lowest BCUT2D eigenvalue weighted by Crippen LogP contribution is -2.25. The van der Waals surface area contributed by atoms with E-state index < -0.39 is 37.7 Å². The third-order valence-electron chi connectivity index (χ3n) is 7.29. The first-order chi connectivity index (χ1) is 22.1. The summed E-state index contributed by atoms with van der Waals surface area (Å²) in [6, 6.07) is 16.6. The number of sulfonamides is 1. The number of anilines is 1. The van der Waals surface area contributed by atoms with Crippen LogP contribution in [-0.2, 0) is 20.1 Å². The topological polar surface area (TPSA) is 149 Å². The fourth-order valence-corrected chi connectivity index (χ4v) is 6.05. The second-order valence-electron chi connectivity index (χ2n) is 10.6. The van der Waals surface area contributed by atoms with Crippen molar-refractivity contribution >= 4 is 53.8 Å². The molecule has 0 atom stereocenters. The molecule has 0 aliphatic rings. The molecule has 0 bridgehead atoms. The number of aromatic nitrogens is 1. The van der Waals surface area contributed by atoms with Gasteiger partial charge in [-0.2, -0.15) is 8.42 Å². The van der Waals surface area contributed by atoms with Gasteiger partial charge in [-0.05, 0) is 66.2 Å². The maximum atomic E-state index is 14.5. The van der Waals surface area contributed by atoms with Crippen molar-refractivity contribution < 1.29 is 43.4 Å². The van der Waals surface area contributed by atoms with E-state index in [4.69, 9.17) is 13.0 Å². The van der Waals surface area contributed by atoms with Gasteiger partial charge in [0, 0.05) is 42.2 Å². The Labute approximate surface area is 267 Å². The van der Waals surface area contributed by atoms with Gasteiger partial charge in [0.05, 0.1) is 23.8 Å². The van der Waals surface area contributed by atoms with E-state index in [-0.39, 0.29) is 67.4 Å². The van der Waals surface area contributed by atoms with Crippen LogP contribution in [0.15, 0.2) is 81.6 Å². The van der Waals surface area contributed by atoms with Crippen LogP contribution >= 0.6 is 0 Å². The van der Waals surface area contributed by atoms with Crippen LogP contribution in [0.3, 0.4) is 0 Å². The van der Waals surface area contributed by atoms with Gasteiger partial charge in [-0.15, -0.1) is 0 Å². The maximum absolute atomic E-state index is 14.5. The van der Waals surface area contributed by atoms with Gasteiger partial charge in [-0.1, -0.05) is 6.07 Å². The fraction of sp³-hybridized carbons (Fsp3) is 0.125. The molecule has 0 saturated carbocycles. The van der Waals surface area contributed by atoms with Crippen molar-refractivity contribution in [3.8, 4) is 39.7 Å². The van der Waals surface area contributed by atoms with Crippen molar-refractivity contribution in [2.45, 2.75) is 0 Å². The van der Waals surface area contributed by atoms with Crippen molar-refractivity contribution in [1.29, 1.82) is 0 Å². The summed E-state index contributed by atoms with van der Waals surface area (Å²) in [5.41, 5.74) is 1.39. The SMILES string of the molecule is CNC(=O)c1c(-c2ccc(F)cc2)oc2cc(N(C)S(C)(=O)=O)c(-c3cc(OS(C)(=O)=O)cc(-c4nc5c(F)cccc5o4)c3)cc12. The van der Waals surface area contributed by atoms with Gasteiger partial charge in [0.15, 0.2) is 11.4 Å². The van der Waals surface area contributed by atoms with E-state index in [0.29, 0.717) is 5.56 Å². The van der Waals surface area contributed by atoms with Gasteiger partial charge in [-0.25, -0.2) is 22.2 Å². The van der Waals surface area contributed by atoms with Crippen LogP contribution in [0, 0.1) is 11.6 Å². The van der Waals surface area contributed by atoms with Crippen LogP contribution in [-0.4, -0.2) is 54.3 Å². The van der Waals surface area contributed by atoms with Gasteiger partial charge in [0.2, 0.25) is 15.9 Å². The molecule has 1 amide bonds. The van der Waals surface area contributed by atoms with E-state index in [0.717, 1.165) is 16.8 Å². The number of carbonyl (C=O) groups excluding carboxylic acids is 1. The summed E-state index contributed by atoms with van der Waals surface area (Å²) in [6.45, 7) is 0. The number of hydrogen-bond acceptors (Lipinski definition) is 9. The molecule has 242 valence electrons. The molecule has 6 aromatic rings. The lowest BCUT2D eigenvalue weighted by atomic mass is 9.97. The number of rotatable bonds is 8. The highest BCUT2D eigenvalue weighted by Crippen LogP contribution is 2.43. The van der Waals surface area contributed by atoms with E-state index in [9.17, 15) is 30.4 Å². The highest BCUT2D eigenvalue weighted by atomic mass is 32.2. The van der Waals surface area contributed by atoms with E-state index >= 15 is 0 Å². The monoisotopic (exact) mass is 681 g/mol. The number of furan rings is 1. The Kier molecular flexibility index (Phi) is 7.76. The predicted molar refractivity (Wildman–Crippen MR) is 172 cm³/mol. The van der Waals surface area contributed by atoms with Crippen LogP contribution in [0.5, 0.6) is 5.75 Å². The lowest BCUT2D eigenvalue weighted by Gasteiger charge is -2.21. The van der Waals surface area contributed by atoms with Gasteiger partial charge >= 0.3 is 10.1 Å². The number of fused-ring (bicyclic) bond motifs is 2. The molecule has 6 rings (SSSR count). The van der Waals surface area contributed by atoms with Gasteiger partial charge in [0.1, 0.15) is 28.4 Å². The Hall–Kier alpha value is -5.28. The molecule has 47 heavy (non-hydrogen) atoms. The summed E-state index contributed by atoms with van der Waals surface area (Å²) in [4.78, 5) is 17.5. The Bertz CT molecular complexity index is 2440. The van der Waals surface area contributed by atoms with Crippen LogP contribution in [0.25, 0.3) is 56.0 Å². The van der Waals surface area contributed by atoms with Crippen LogP contribution in [0.4, 0.5) is 14.5 Å². The molecule has 11 nitrogen and oxygen atoms in total. The van der Waals surface area contributed by atoms with Crippen LogP contribution in [0.2, 0.25) is 0 Å². The van der Waals surface area contributed by atoms with Crippen molar-refractivity contribution in [2.24, 2.45) is 0 Å². The number of amides is 1. The van der Waals surface area contributed by atoms with Crippen molar-refractivity contribution in [2.75, 3.05) is 30.9 Å².